The molecular formula is C21H25ClN2O3. The highest BCUT2D eigenvalue weighted by molar-refractivity contribution is 6.30. The van der Waals surface area contributed by atoms with Crippen molar-refractivity contribution in [1.29, 1.82) is 0 Å². The number of methoxy groups -OCH3 is 2. The average molecular weight is 389 g/mol. The van der Waals surface area contributed by atoms with Crippen molar-refractivity contribution >= 4 is 23.3 Å². The number of carbonyl (C=O) groups excluding carboxylic acids is 1. The molecular weight excluding hydrogens is 364 g/mol. The fourth-order valence-electron chi connectivity index (χ4n) is 3.48. The Hall–Kier alpha value is -2.40. The first kappa shape index (κ1) is 19.4. The van der Waals surface area contributed by atoms with Gasteiger partial charge in [0.25, 0.3) is 0 Å². The van der Waals surface area contributed by atoms with Crippen LogP contribution in [0.1, 0.15) is 37.3 Å². The molecule has 1 heterocycles. The van der Waals surface area contributed by atoms with Gasteiger partial charge in [-0.15, -0.1) is 0 Å². The smallest absolute Gasteiger partial charge is 0.322 e. The molecule has 0 saturated carbocycles. The van der Waals surface area contributed by atoms with Crippen molar-refractivity contribution in [3.05, 3.63) is 53.1 Å². The fourth-order valence-corrected chi connectivity index (χ4v) is 3.61. The van der Waals surface area contributed by atoms with Gasteiger partial charge in [0.15, 0.2) is 0 Å². The van der Waals surface area contributed by atoms with Gasteiger partial charge in [0, 0.05) is 17.6 Å². The van der Waals surface area contributed by atoms with Crippen molar-refractivity contribution in [2.24, 2.45) is 0 Å². The fraction of sp³-hybridized carbons (Fsp3) is 0.381. The first-order chi connectivity index (χ1) is 13.1. The van der Waals surface area contributed by atoms with Gasteiger partial charge in [0.2, 0.25) is 0 Å². The highest BCUT2D eigenvalue weighted by Crippen LogP contribution is 2.33. The quantitative estimate of drug-likeness (QED) is 0.751. The van der Waals surface area contributed by atoms with Gasteiger partial charge < -0.3 is 19.7 Å². The van der Waals surface area contributed by atoms with Crippen molar-refractivity contribution in [3.8, 4) is 11.5 Å². The van der Waals surface area contributed by atoms with Gasteiger partial charge in [-0.25, -0.2) is 4.79 Å². The van der Waals surface area contributed by atoms with Crippen molar-refractivity contribution < 1.29 is 14.3 Å². The minimum atomic E-state index is -0.136. The van der Waals surface area contributed by atoms with Gasteiger partial charge >= 0.3 is 6.03 Å². The minimum Gasteiger partial charge on any atom is -0.497 e. The molecule has 1 aliphatic rings. The highest BCUT2D eigenvalue weighted by Gasteiger charge is 2.27. The number of hydrogen-bond acceptors (Lipinski definition) is 3. The summed E-state index contributed by atoms with van der Waals surface area (Å²) in [5, 5.41) is 3.70. The third-order valence-corrected chi connectivity index (χ3v) is 5.17. The molecule has 3 rings (SSSR count). The molecule has 2 aromatic rings. The monoisotopic (exact) mass is 388 g/mol. The van der Waals surface area contributed by atoms with Gasteiger partial charge in [-0.2, -0.15) is 0 Å². The van der Waals surface area contributed by atoms with Crippen molar-refractivity contribution in [2.45, 2.75) is 31.7 Å². The molecule has 2 amide bonds. The zero-order valence-corrected chi connectivity index (χ0v) is 16.5. The van der Waals surface area contributed by atoms with E-state index >= 15 is 0 Å². The van der Waals surface area contributed by atoms with Crippen LogP contribution in [0.2, 0.25) is 5.02 Å². The van der Waals surface area contributed by atoms with Crippen LogP contribution in [-0.2, 0) is 0 Å². The van der Waals surface area contributed by atoms with Crippen molar-refractivity contribution in [2.75, 3.05) is 26.1 Å². The first-order valence-electron chi connectivity index (χ1n) is 9.17. The molecule has 144 valence electrons. The van der Waals surface area contributed by atoms with Crippen LogP contribution in [0.25, 0.3) is 0 Å². The second-order valence-electron chi connectivity index (χ2n) is 6.61. The van der Waals surface area contributed by atoms with Gasteiger partial charge in [-0.05, 0) is 42.7 Å². The molecule has 1 aliphatic heterocycles. The number of carbonyl (C=O) groups is 1. The summed E-state index contributed by atoms with van der Waals surface area (Å²) in [6.45, 7) is 0.714. The van der Waals surface area contributed by atoms with E-state index in [9.17, 15) is 4.79 Å². The summed E-state index contributed by atoms with van der Waals surface area (Å²) in [7, 11) is 3.18. The number of benzene rings is 2. The summed E-state index contributed by atoms with van der Waals surface area (Å²) in [5.41, 5.74) is 1.70. The molecule has 27 heavy (non-hydrogen) atoms. The zero-order valence-electron chi connectivity index (χ0n) is 15.7. The molecule has 1 fully saturated rings. The number of ether oxygens (including phenoxy) is 2. The molecule has 1 unspecified atom stereocenters. The molecule has 0 aliphatic carbocycles. The maximum Gasteiger partial charge on any atom is 0.322 e. The van der Waals surface area contributed by atoms with Crippen LogP contribution in [0.4, 0.5) is 10.5 Å². The standard InChI is InChI=1S/C21H25ClN2O3/c1-26-17-11-12-20(27-2)18(14-17)23-21(25)24-13-5-3-4-6-19(24)15-7-9-16(22)10-8-15/h7-12,14,19H,3-6,13H2,1-2H3,(H,23,25). The van der Waals surface area contributed by atoms with Gasteiger partial charge in [0.05, 0.1) is 25.9 Å². The number of halogens is 1. The van der Waals surface area contributed by atoms with Crippen LogP contribution in [-0.4, -0.2) is 31.7 Å². The lowest BCUT2D eigenvalue weighted by Gasteiger charge is -2.31. The van der Waals surface area contributed by atoms with Crippen LogP contribution < -0.4 is 14.8 Å². The van der Waals surface area contributed by atoms with Crippen LogP contribution in [0, 0.1) is 0 Å². The largest absolute Gasteiger partial charge is 0.497 e. The van der Waals surface area contributed by atoms with E-state index in [1.54, 1.807) is 32.4 Å². The number of amides is 2. The topological polar surface area (TPSA) is 50.8 Å². The number of nitrogens with one attached hydrogen (secondary N) is 1. The van der Waals surface area contributed by atoms with E-state index in [2.05, 4.69) is 5.32 Å². The van der Waals surface area contributed by atoms with E-state index < -0.39 is 0 Å². The van der Waals surface area contributed by atoms with Crippen molar-refractivity contribution in [3.63, 3.8) is 0 Å². The number of rotatable bonds is 4. The maximum absolute atomic E-state index is 13.1. The Morgan fingerprint density at radius 1 is 1.07 bits per heavy atom. The van der Waals surface area contributed by atoms with Crippen LogP contribution in [0.3, 0.4) is 0 Å². The SMILES string of the molecule is COc1ccc(OC)c(NC(=O)N2CCCCCC2c2ccc(Cl)cc2)c1. The molecule has 0 spiro atoms. The molecule has 2 aromatic carbocycles. The first-order valence-corrected chi connectivity index (χ1v) is 9.55. The Balaban J connectivity index is 1.85. The van der Waals surface area contributed by atoms with E-state index in [-0.39, 0.29) is 12.1 Å². The number of likely N-dealkylation sites (tertiary alicyclic amines) is 1. The van der Waals surface area contributed by atoms with Gasteiger partial charge in [0.1, 0.15) is 11.5 Å². The Kier molecular flexibility index (Phi) is 6.45. The molecule has 1 atom stereocenters. The minimum absolute atomic E-state index is 0.0290. The van der Waals surface area contributed by atoms with Crippen LogP contribution in [0.15, 0.2) is 42.5 Å². The molecule has 0 bridgehead atoms. The summed E-state index contributed by atoms with van der Waals surface area (Å²) in [4.78, 5) is 15.0. The summed E-state index contributed by atoms with van der Waals surface area (Å²) in [5.74, 6) is 1.26. The molecule has 0 aromatic heterocycles. The summed E-state index contributed by atoms with van der Waals surface area (Å²) >= 11 is 6.03. The van der Waals surface area contributed by atoms with Crippen molar-refractivity contribution in [1.82, 2.24) is 4.90 Å². The van der Waals surface area contributed by atoms with E-state index in [0.29, 0.717) is 28.8 Å². The molecule has 1 saturated heterocycles. The molecule has 0 radical (unpaired) electrons. The number of urea groups is 1. The third kappa shape index (κ3) is 4.66. The van der Waals surface area contributed by atoms with Gasteiger partial charge in [-0.3, -0.25) is 0 Å². The lowest BCUT2D eigenvalue weighted by Crippen LogP contribution is -2.38. The van der Waals surface area contributed by atoms with E-state index in [0.717, 1.165) is 31.2 Å². The summed E-state index contributed by atoms with van der Waals surface area (Å²) < 4.78 is 10.6. The molecule has 6 heteroatoms. The molecule has 1 N–H and O–H groups in total. The average Bonchev–Trinajstić information content (AvgIpc) is 2.94. The van der Waals surface area contributed by atoms with E-state index in [4.69, 9.17) is 21.1 Å². The van der Waals surface area contributed by atoms with Crippen LogP contribution in [0.5, 0.6) is 11.5 Å². The Morgan fingerprint density at radius 2 is 1.85 bits per heavy atom. The lowest BCUT2D eigenvalue weighted by molar-refractivity contribution is 0.189. The normalized spacial score (nSPS) is 17.1. The van der Waals surface area contributed by atoms with Crippen LogP contribution >= 0.6 is 11.6 Å². The van der Waals surface area contributed by atoms with E-state index in [1.807, 2.05) is 29.2 Å². The lowest BCUT2D eigenvalue weighted by atomic mass is 10.0. The maximum atomic E-state index is 13.1. The number of hydrogen-bond donors (Lipinski definition) is 1. The summed E-state index contributed by atoms with van der Waals surface area (Å²) in [6, 6.07) is 13.0. The Morgan fingerprint density at radius 3 is 2.56 bits per heavy atom. The van der Waals surface area contributed by atoms with Gasteiger partial charge in [-0.1, -0.05) is 36.6 Å². The summed E-state index contributed by atoms with van der Waals surface area (Å²) in [6.07, 6.45) is 4.15. The highest BCUT2D eigenvalue weighted by atomic mass is 35.5. The molecule has 5 nitrogen and oxygen atoms in total. The second kappa shape index (κ2) is 9.00. The Bertz CT molecular complexity index is 779. The second-order valence-corrected chi connectivity index (χ2v) is 7.04. The Labute approximate surface area is 165 Å². The van der Waals surface area contributed by atoms with E-state index in [1.165, 1.54) is 0 Å². The number of nitrogens with zero attached hydrogens (tertiary/aromatic N) is 1. The predicted molar refractivity (Wildman–Crippen MR) is 108 cm³/mol. The predicted octanol–water partition coefficient (Wildman–Crippen LogP) is 5.51. The third-order valence-electron chi connectivity index (χ3n) is 4.92. The number of anilines is 1. The zero-order chi connectivity index (χ0) is 19.2.